The summed E-state index contributed by atoms with van der Waals surface area (Å²) in [6, 6.07) is 0. The van der Waals surface area contributed by atoms with Crippen molar-refractivity contribution in [3.63, 3.8) is 0 Å². The van der Waals surface area contributed by atoms with Crippen LogP contribution in [0, 0.1) is 5.41 Å². The second-order valence-corrected chi connectivity index (χ2v) is 5.15. The molecule has 0 aliphatic rings. The lowest BCUT2D eigenvalue weighted by Gasteiger charge is -2.32. The molecule has 0 aliphatic heterocycles. The molecule has 1 unspecified atom stereocenters. The Morgan fingerprint density at radius 2 is 1.87 bits per heavy atom. The van der Waals surface area contributed by atoms with Gasteiger partial charge >= 0.3 is 7.60 Å². The highest BCUT2D eigenvalue weighted by Crippen LogP contribution is 2.51. The highest BCUT2D eigenvalue weighted by atomic mass is 31.2. The van der Waals surface area contributed by atoms with Crippen molar-refractivity contribution < 1.29 is 23.9 Å². The minimum absolute atomic E-state index is 0.158. The number of hydrogen-bond acceptors (Lipinski definition) is 3. The smallest absolute Gasteiger partial charge is 0.338 e. The molecule has 0 heterocycles. The normalized spacial score (nSPS) is 14.7. The van der Waals surface area contributed by atoms with Gasteiger partial charge in [0, 0.05) is 5.41 Å². The Bertz CT molecular complexity index is 293. The van der Waals surface area contributed by atoms with Crippen molar-refractivity contribution in [1.29, 1.82) is 0 Å². The number of rotatable bonds is 6. The quantitative estimate of drug-likeness (QED) is 0.444. The lowest BCUT2D eigenvalue weighted by molar-refractivity contribution is -0.126. The molecule has 0 saturated carbocycles. The predicted molar refractivity (Wildman–Crippen MR) is 54.1 cm³/mol. The lowest BCUT2D eigenvalue weighted by atomic mass is 9.80. The van der Waals surface area contributed by atoms with Gasteiger partial charge < -0.3 is 20.3 Å². The van der Waals surface area contributed by atoms with Crippen molar-refractivity contribution in [2.75, 3.05) is 0 Å². The fourth-order valence-electron chi connectivity index (χ4n) is 1.65. The van der Waals surface area contributed by atoms with E-state index in [9.17, 15) is 14.2 Å². The number of nitrogens with two attached hydrogens (primary N) is 1. The van der Waals surface area contributed by atoms with Gasteiger partial charge in [0.15, 0.2) is 5.66 Å². The Balaban J connectivity index is 5.49. The first-order valence-corrected chi connectivity index (χ1v) is 6.24. The number of carbonyl (C=O) groups is 2. The molecule has 0 radical (unpaired) electrons. The number of carbonyl (C=O) groups excluding carboxylic acids is 2. The van der Waals surface area contributed by atoms with Crippen LogP contribution >= 0.6 is 7.60 Å². The van der Waals surface area contributed by atoms with Gasteiger partial charge in [-0.3, -0.25) is 9.36 Å². The summed E-state index contributed by atoms with van der Waals surface area (Å²) in [6.45, 7) is 3.17. The molecule has 1 amide bonds. The number of hydrogen-bond donors (Lipinski definition) is 3. The molecule has 15 heavy (non-hydrogen) atoms. The van der Waals surface area contributed by atoms with Crippen LogP contribution in [0.5, 0.6) is 0 Å². The van der Waals surface area contributed by atoms with Crippen LogP contribution in [0.4, 0.5) is 0 Å². The highest BCUT2D eigenvalue weighted by molar-refractivity contribution is 7.53. The van der Waals surface area contributed by atoms with E-state index >= 15 is 0 Å². The van der Waals surface area contributed by atoms with Crippen molar-refractivity contribution in [1.82, 2.24) is 0 Å². The Morgan fingerprint density at radius 1 is 1.47 bits per heavy atom. The molecule has 0 saturated heterocycles. The molecule has 0 rings (SSSR count). The van der Waals surface area contributed by atoms with Gasteiger partial charge in [-0.25, -0.2) is 0 Å². The van der Waals surface area contributed by atoms with Crippen LogP contribution in [0.25, 0.3) is 0 Å². The number of amides is 1. The molecule has 0 aliphatic carbocycles. The van der Waals surface area contributed by atoms with Crippen LogP contribution in [-0.2, 0) is 14.2 Å². The zero-order valence-corrected chi connectivity index (χ0v) is 9.61. The molecule has 0 fully saturated rings. The molecule has 4 N–H and O–H groups in total. The number of aldehydes is 1. The van der Waals surface area contributed by atoms with Crippen LogP contribution in [-0.4, -0.2) is 27.6 Å². The molecule has 0 aromatic carbocycles. The molecule has 0 aromatic heterocycles. The van der Waals surface area contributed by atoms with E-state index in [4.69, 9.17) is 15.5 Å². The largest absolute Gasteiger partial charge is 0.369 e. The average molecular weight is 237 g/mol. The van der Waals surface area contributed by atoms with Crippen LogP contribution in [0.1, 0.15) is 26.7 Å². The Hall–Kier alpha value is -0.710. The van der Waals surface area contributed by atoms with Gasteiger partial charge in [0.25, 0.3) is 0 Å². The summed E-state index contributed by atoms with van der Waals surface area (Å²) >= 11 is 0. The third kappa shape index (κ3) is 2.87. The summed E-state index contributed by atoms with van der Waals surface area (Å²) in [6.07, 6.45) is 0.735. The van der Waals surface area contributed by atoms with Crippen LogP contribution in [0.15, 0.2) is 0 Å². The molecule has 0 aromatic rings. The Kier molecular flexibility index (Phi) is 4.65. The van der Waals surface area contributed by atoms with Crippen LogP contribution < -0.4 is 5.73 Å². The third-order valence-corrected chi connectivity index (χ3v) is 4.14. The molecular formula is C8H16NO5P. The fraction of sp³-hybridized carbons (Fsp3) is 0.750. The monoisotopic (exact) mass is 237 g/mol. The third-order valence-electron chi connectivity index (χ3n) is 2.70. The first-order chi connectivity index (χ1) is 6.75. The lowest BCUT2D eigenvalue weighted by Crippen LogP contribution is -2.44. The van der Waals surface area contributed by atoms with E-state index < -0.39 is 24.6 Å². The van der Waals surface area contributed by atoms with Crippen molar-refractivity contribution in [3.05, 3.63) is 0 Å². The van der Waals surface area contributed by atoms with Gasteiger partial charge in [0.1, 0.15) is 6.29 Å². The number of primary amides is 1. The summed E-state index contributed by atoms with van der Waals surface area (Å²) < 4.78 is 11.1. The van der Waals surface area contributed by atoms with Gasteiger partial charge in [-0.2, -0.15) is 0 Å². The molecule has 0 bridgehead atoms. The predicted octanol–water partition coefficient (Wildman–Crippen LogP) is 0.0233. The Morgan fingerprint density at radius 3 is 1.93 bits per heavy atom. The van der Waals surface area contributed by atoms with Crippen molar-refractivity contribution >= 4 is 19.8 Å². The molecule has 7 heteroatoms. The maximum atomic E-state index is 11.1. The van der Waals surface area contributed by atoms with Gasteiger partial charge in [-0.15, -0.1) is 0 Å². The summed E-state index contributed by atoms with van der Waals surface area (Å²) in [4.78, 5) is 40.0. The van der Waals surface area contributed by atoms with E-state index in [2.05, 4.69) is 0 Å². The van der Waals surface area contributed by atoms with Gasteiger partial charge in [0.2, 0.25) is 5.91 Å². The van der Waals surface area contributed by atoms with E-state index in [1.54, 1.807) is 13.8 Å². The van der Waals surface area contributed by atoms with E-state index in [-0.39, 0.29) is 12.8 Å². The van der Waals surface area contributed by atoms with E-state index in [1.807, 2.05) is 0 Å². The first kappa shape index (κ1) is 14.3. The first-order valence-electron chi connectivity index (χ1n) is 4.56. The highest BCUT2D eigenvalue weighted by Gasteiger charge is 2.49. The summed E-state index contributed by atoms with van der Waals surface area (Å²) in [5.74, 6) is -1.14. The van der Waals surface area contributed by atoms with E-state index in [0.717, 1.165) is 0 Å². The maximum Gasteiger partial charge on any atom is 0.338 e. The van der Waals surface area contributed by atoms with Crippen molar-refractivity contribution in [2.45, 2.75) is 32.3 Å². The standard InChI is InChI=1S/C8H16NO5P/c1-3-8(4-2,5-10)6(7(9)11)15(12,13)14/h5-6H,3-4H2,1-2H3,(H2,9,11)(H2,12,13,14). The van der Waals surface area contributed by atoms with Gasteiger partial charge in [0.05, 0.1) is 0 Å². The molecule has 6 nitrogen and oxygen atoms in total. The fourth-order valence-corrected chi connectivity index (χ4v) is 3.08. The minimum atomic E-state index is -4.71. The second kappa shape index (κ2) is 4.88. The Labute approximate surface area is 88.0 Å². The van der Waals surface area contributed by atoms with Gasteiger partial charge in [-0.1, -0.05) is 13.8 Å². The van der Waals surface area contributed by atoms with Crippen LogP contribution in [0.2, 0.25) is 0 Å². The molecule has 1 atom stereocenters. The van der Waals surface area contributed by atoms with Crippen molar-refractivity contribution in [3.8, 4) is 0 Å². The molecular weight excluding hydrogens is 221 g/mol. The zero-order valence-electron chi connectivity index (χ0n) is 8.71. The summed E-state index contributed by atoms with van der Waals surface area (Å²) in [5, 5.41) is 0. The van der Waals surface area contributed by atoms with E-state index in [1.165, 1.54) is 0 Å². The van der Waals surface area contributed by atoms with Crippen LogP contribution in [0.3, 0.4) is 0 Å². The minimum Gasteiger partial charge on any atom is -0.369 e. The summed E-state index contributed by atoms with van der Waals surface area (Å²) in [5.41, 5.74) is 1.84. The SMILES string of the molecule is CCC(C=O)(CC)C(C(N)=O)P(=O)(O)O. The molecule has 88 valence electrons. The topological polar surface area (TPSA) is 118 Å². The summed E-state index contributed by atoms with van der Waals surface area (Å²) in [7, 11) is -4.71. The average Bonchev–Trinajstić information content (AvgIpc) is 2.11. The van der Waals surface area contributed by atoms with Crippen molar-refractivity contribution in [2.24, 2.45) is 11.1 Å². The maximum absolute atomic E-state index is 11.1. The molecule has 0 spiro atoms. The van der Waals surface area contributed by atoms with E-state index in [0.29, 0.717) is 6.29 Å². The zero-order chi connectivity index (χ0) is 12.3. The van der Waals surface area contributed by atoms with Gasteiger partial charge in [-0.05, 0) is 12.8 Å². The second-order valence-electron chi connectivity index (χ2n) is 3.45.